The molecule has 0 radical (unpaired) electrons. The summed E-state index contributed by atoms with van der Waals surface area (Å²) in [5.74, 6) is -6.97. The molecule has 0 unspecified atom stereocenters. The number of nitrogens with one attached hydrogen (secondary N) is 9. The van der Waals surface area contributed by atoms with Gasteiger partial charge in [0.05, 0.1) is 74.1 Å². The summed E-state index contributed by atoms with van der Waals surface area (Å²) in [5.41, 5.74) is 10.5. The Morgan fingerprint density at radius 1 is 0.632 bits per heavy atom. The standard InChI is InChI=1S/C92H135N13O19S/c1-18-51-125-82(93)71(52-61-29-21-20-22-30-61)99-83(109)60(10)81(119-17)72-36-28-46-105(72)75(107)53-73(118-16)80(59(9)19-2)103(14)88(114)78(57(5)6)102-87(113)79(58(7)8)104(15)91(117)123-54-62-37-39-63(40-38-62)97-85(111)69(35-27-44-96-89(94)115)98-86(112)77(56(3)4)101-74(106)43-47-120-49-50-121-48-45-95-84(110)70(41-42-76(108)124-92(11,12)13)100-90(116)122-55-68-66-33-25-23-31-64(66)65-32-24-26-34-67(65)68/h18,20-26,29-34,37-40,51,56-60,68-73,77-81,93H,19,27-28,35-36,41-50,52-55H2,1-17H3,(H,95,110)(H,97,111)(H,98,112)(H,99,109)(H,100,116)(H,101,106)(H,102,113)(H3,94,96,115)/b51-18-,93-82?/t59-,60+,69-,70-,71-,72-,73+,77-,78-,79-,80-,81+/m0/s1. The number of esters is 1. The number of likely N-dealkylation sites (N-methyl/N-ethyl adjacent to an activating group) is 2. The molecule has 0 bridgehead atoms. The van der Waals surface area contributed by atoms with Gasteiger partial charge in [-0.05, 0) is 141 Å². The van der Waals surface area contributed by atoms with E-state index in [1.54, 1.807) is 116 Å². The van der Waals surface area contributed by atoms with Crippen LogP contribution in [0.4, 0.5) is 20.1 Å². The van der Waals surface area contributed by atoms with E-state index in [2.05, 4.69) is 42.5 Å². The third kappa shape index (κ3) is 32.5. The number of amides is 12. The number of hydrogen-bond acceptors (Lipinski definition) is 21. The van der Waals surface area contributed by atoms with Gasteiger partial charge in [0.2, 0.25) is 47.3 Å². The first-order valence-corrected chi connectivity index (χ1v) is 44.1. The van der Waals surface area contributed by atoms with Gasteiger partial charge >= 0.3 is 24.2 Å². The molecule has 1 heterocycles. The molecular formula is C92H135N13O19S. The monoisotopic (exact) mass is 1760 g/mol. The fourth-order valence-corrected chi connectivity index (χ4v) is 16.0. The molecule has 0 aromatic heterocycles. The molecule has 1 saturated heterocycles. The molecule has 6 rings (SSSR count). The van der Waals surface area contributed by atoms with Gasteiger partial charge in [0.15, 0.2) is 0 Å². The predicted octanol–water partition coefficient (Wildman–Crippen LogP) is 9.89. The number of anilines is 1. The molecule has 1 aliphatic heterocycles. The number of methoxy groups -OCH3 is 2. The van der Waals surface area contributed by atoms with Crippen LogP contribution in [-0.4, -0.2) is 238 Å². The zero-order valence-electron chi connectivity index (χ0n) is 75.7. The number of likely N-dealkylation sites (tertiary alicyclic amines) is 1. The fraction of sp³-hybridized carbons (Fsp3) is 0.576. The Labute approximate surface area is 740 Å². The number of rotatable bonds is 50. The first kappa shape index (κ1) is 103. The maximum Gasteiger partial charge on any atom is 0.410 e. The molecule has 11 N–H and O–H groups in total. The number of ether oxygens (including phenoxy) is 7. The molecule has 0 saturated carbocycles. The zero-order valence-corrected chi connectivity index (χ0v) is 76.5. The number of alkyl carbamates (subject to hydrolysis) is 1. The van der Waals surface area contributed by atoms with Crippen LogP contribution in [0.3, 0.4) is 0 Å². The van der Waals surface area contributed by atoms with Gasteiger partial charge in [-0.15, -0.1) is 0 Å². The highest BCUT2D eigenvalue weighted by molar-refractivity contribution is 8.16. The Morgan fingerprint density at radius 3 is 1.84 bits per heavy atom. The molecule has 32 nitrogen and oxygen atoms in total. The lowest BCUT2D eigenvalue weighted by Gasteiger charge is -2.41. The Kier molecular flexibility index (Phi) is 42.8. The van der Waals surface area contributed by atoms with Crippen LogP contribution >= 0.6 is 11.8 Å². The number of thioether (sulfide) groups is 1. The van der Waals surface area contributed by atoms with Crippen LogP contribution in [0.5, 0.6) is 0 Å². The quantitative estimate of drug-likeness (QED) is 0.00646. The van der Waals surface area contributed by atoms with Crippen molar-refractivity contribution in [3.63, 3.8) is 0 Å². The Hall–Kier alpha value is -10.5. The van der Waals surface area contributed by atoms with Crippen molar-refractivity contribution in [3.8, 4) is 11.1 Å². The molecule has 125 heavy (non-hydrogen) atoms. The number of nitrogens with two attached hydrogens (primary N) is 1. The Bertz CT molecular complexity index is 4200. The van der Waals surface area contributed by atoms with Crippen molar-refractivity contribution >= 4 is 93.9 Å². The first-order valence-electron chi connectivity index (χ1n) is 43.3. The molecule has 1 fully saturated rings. The molecule has 33 heteroatoms. The number of hydrogen-bond donors (Lipinski definition) is 10. The van der Waals surface area contributed by atoms with Gasteiger partial charge in [0.25, 0.3) is 0 Å². The summed E-state index contributed by atoms with van der Waals surface area (Å²) < 4.78 is 40.4. The summed E-state index contributed by atoms with van der Waals surface area (Å²) in [6, 6.07) is 23.7. The van der Waals surface area contributed by atoms with E-state index in [1.807, 2.05) is 106 Å². The molecular weight excluding hydrogens is 1620 g/mol. The minimum Gasteiger partial charge on any atom is -0.460 e. The lowest BCUT2D eigenvalue weighted by Crippen LogP contribution is -2.60. The highest BCUT2D eigenvalue weighted by Crippen LogP contribution is 2.45. The lowest BCUT2D eigenvalue weighted by atomic mass is 9.89. The molecule has 0 spiro atoms. The summed E-state index contributed by atoms with van der Waals surface area (Å²) in [6.07, 6.45) is 0.726. The fourth-order valence-electron chi connectivity index (χ4n) is 15.5. The van der Waals surface area contributed by atoms with E-state index in [4.69, 9.17) is 44.3 Å². The van der Waals surface area contributed by atoms with E-state index in [1.165, 1.54) is 37.9 Å². The molecule has 2 aliphatic rings. The number of carbonyl (C=O) groups is 12. The summed E-state index contributed by atoms with van der Waals surface area (Å²) >= 11 is 1.23. The molecule has 4 aromatic rings. The Morgan fingerprint density at radius 2 is 1.25 bits per heavy atom. The predicted molar refractivity (Wildman–Crippen MR) is 479 cm³/mol. The summed E-state index contributed by atoms with van der Waals surface area (Å²) in [5, 5.41) is 33.1. The molecule has 688 valence electrons. The van der Waals surface area contributed by atoms with Crippen LogP contribution in [0.15, 0.2) is 115 Å². The van der Waals surface area contributed by atoms with Crippen molar-refractivity contribution in [2.75, 3.05) is 86.3 Å². The van der Waals surface area contributed by atoms with Gasteiger partial charge in [-0.25, -0.2) is 14.4 Å². The van der Waals surface area contributed by atoms with E-state index in [0.29, 0.717) is 43.5 Å². The maximum absolute atomic E-state index is 15.0. The van der Waals surface area contributed by atoms with Crippen molar-refractivity contribution in [1.29, 1.82) is 5.41 Å². The normalized spacial score (nSPS) is 15.8. The van der Waals surface area contributed by atoms with Crippen LogP contribution in [-0.2, 0) is 89.3 Å². The second kappa shape index (κ2) is 51.8. The summed E-state index contributed by atoms with van der Waals surface area (Å²) in [4.78, 5) is 169. The smallest absolute Gasteiger partial charge is 0.410 e. The largest absolute Gasteiger partial charge is 0.460 e. The minimum atomic E-state index is -1.17. The maximum atomic E-state index is 15.0. The van der Waals surface area contributed by atoms with E-state index in [-0.39, 0.29) is 120 Å². The van der Waals surface area contributed by atoms with Crippen molar-refractivity contribution in [3.05, 3.63) is 137 Å². The number of urea groups is 1. The van der Waals surface area contributed by atoms with Gasteiger partial charge in [-0.1, -0.05) is 178 Å². The van der Waals surface area contributed by atoms with Crippen molar-refractivity contribution in [2.24, 2.45) is 35.3 Å². The van der Waals surface area contributed by atoms with Crippen LogP contribution in [0.1, 0.15) is 176 Å². The topological polar surface area (TPSA) is 425 Å². The van der Waals surface area contributed by atoms with Gasteiger partial charge in [0.1, 0.15) is 49.0 Å². The van der Waals surface area contributed by atoms with Crippen LogP contribution in [0, 0.1) is 35.0 Å². The number of allylic oxidation sites excluding steroid dienone is 1. The number of fused-ring (bicyclic) bond motifs is 3. The summed E-state index contributed by atoms with van der Waals surface area (Å²) in [6.45, 7) is 23.8. The third-order valence-electron chi connectivity index (χ3n) is 22.2. The number of primary amides is 1. The molecule has 4 aromatic carbocycles. The second-order valence-corrected chi connectivity index (χ2v) is 34.7. The average molecular weight is 1760 g/mol. The zero-order chi connectivity index (χ0) is 92.2. The highest BCUT2D eigenvalue weighted by Gasteiger charge is 2.45. The number of benzene rings is 4. The second-order valence-electron chi connectivity index (χ2n) is 33.8. The van der Waals surface area contributed by atoms with Gasteiger partial charge in [-0.3, -0.25) is 53.5 Å². The van der Waals surface area contributed by atoms with E-state index in [9.17, 15) is 57.5 Å². The van der Waals surface area contributed by atoms with Crippen molar-refractivity contribution < 1.29 is 90.7 Å². The minimum absolute atomic E-state index is 0.0176. The molecule has 1 aliphatic carbocycles. The SMILES string of the molecule is C/C=C\SC(=N)[C@H](Cc1ccccc1)NC(=O)[C@H](C)[C@@H](OC)[C@@H]1CCCN1C(=O)C[C@@H](OC)[C@H]([C@@H](C)CC)N(C)C(=O)[C@@H](NC(=O)[C@H](C(C)C)N(C)C(=O)OCc1ccc(NC(=O)[C@H](CCCNC(N)=O)NC(=O)[C@@H](NC(=O)CCOCCOCCNC(=O)[C@H](CCC(=O)OC(C)(C)C)NC(=O)OCC2c3ccccc3-c3ccccc32)C(C)C)cc1)C(C)C. The molecule has 12 atom stereocenters. The van der Waals surface area contributed by atoms with E-state index < -0.39 is 149 Å². The number of carbonyl (C=O) groups excluding carboxylic acids is 12. The van der Waals surface area contributed by atoms with Crippen LogP contribution in [0.25, 0.3) is 11.1 Å². The van der Waals surface area contributed by atoms with Crippen molar-refractivity contribution in [1.82, 2.24) is 51.9 Å². The Balaban J connectivity index is 0.969. The highest BCUT2D eigenvalue weighted by atomic mass is 32.2. The van der Waals surface area contributed by atoms with Gasteiger partial charge in [0, 0.05) is 72.4 Å². The average Bonchev–Trinajstić information content (AvgIpc) is 1.61. The van der Waals surface area contributed by atoms with Crippen LogP contribution < -0.4 is 48.3 Å². The van der Waals surface area contributed by atoms with Crippen molar-refractivity contribution in [2.45, 2.75) is 233 Å². The number of nitrogens with zero attached hydrogens (tertiary/aromatic N) is 3. The lowest BCUT2D eigenvalue weighted by molar-refractivity contribution is -0.155. The first-order chi connectivity index (χ1) is 59.4. The van der Waals surface area contributed by atoms with E-state index in [0.717, 1.165) is 27.8 Å². The van der Waals surface area contributed by atoms with Gasteiger partial charge < -0.3 is 91.2 Å². The van der Waals surface area contributed by atoms with E-state index >= 15 is 0 Å². The molecule has 12 amide bonds. The van der Waals surface area contributed by atoms with Crippen LogP contribution in [0.2, 0.25) is 0 Å². The summed E-state index contributed by atoms with van der Waals surface area (Å²) in [7, 11) is 6.09. The van der Waals surface area contributed by atoms with Gasteiger partial charge in [-0.2, -0.15) is 0 Å². The third-order valence-corrected chi connectivity index (χ3v) is 23.1.